The Labute approximate surface area is 199 Å². The fourth-order valence-corrected chi connectivity index (χ4v) is 6.11. The van der Waals surface area contributed by atoms with Gasteiger partial charge in [0.1, 0.15) is 29.1 Å². The average Bonchev–Trinajstić information content (AvgIpc) is 3.61. The van der Waals surface area contributed by atoms with E-state index in [1.807, 2.05) is 6.08 Å². The van der Waals surface area contributed by atoms with Gasteiger partial charge in [-0.3, -0.25) is 5.10 Å². The number of rotatable bonds is 5. The van der Waals surface area contributed by atoms with Crippen LogP contribution in [0, 0.1) is 5.82 Å². The van der Waals surface area contributed by atoms with E-state index in [-0.39, 0.29) is 11.9 Å². The molecule has 8 nitrogen and oxygen atoms in total. The Kier molecular flexibility index (Phi) is 5.62. The topological polar surface area (TPSA) is 102 Å². The maximum atomic E-state index is 13.7. The minimum absolute atomic E-state index is 0.0134. The van der Waals surface area contributed by atoms with Gasteiger partial charge in [-0.25, -0.2) is 9.37 Å². The highest BCUT2D eigenvalue weighted by Gasteiger charge is 2.34. The monoisotopic (exact) mass is 480 g/mol. The number of H-pyrrole nitrogens is 1. The summed E-state index contributed by atoms with van der Waals surface area (Å²) in [4.78, 5) is 12.3. The highest BCUT2D eigenvalue weighted by molar-refractivity contribution is 7.91. The molecule has 2 N–H and O–H groups in total. The average molecular weight is 481 g/mol. The molecule has 2 unspecified atom stereocenters. The minimum atomic E-state index is -1.16. The zero-order chi connectivity index (χ0) is 23.1. The number of fused-ring (bicyclic) bond motifs is 1. The SMILES string of the molecule is [O-][S+]1CCc2nc(N3CCC(c4cc(C5CC=CO5)n[nH]4)CC3)nc(Nc3cccc(F)c3)c21. The van der Waals surface area contributed by atoms with Crippen LogP contribution >= 0.6 is 0 Å². The molecule has 1 fully saturated rings. The summed E-state index contributed by atoms with van der Waals surface area (Å²) in [6, 6.07) is 8.33. The highest BCUT2D eigenvalue weighted by Crippen LogP contribution is 2.36. The van der Waals surface area contributed by atoms with E-state index in [1.165, 1.54) is 12.1 Å². The molecular formula is C24H25FN6O2S. The number of hydrogen-bond donors (Lipinski definition) is 2. The highest BCUT2D eigenvalue weighted by atomic mass is 32.2. The van der Waals surface area contributed by atoms with E-state index in [1.54, 1.807) is 18.4 Å². The molecule has 3 aliphatic rings. The molecule has 1 saturated heterocycles. The first-order valence-electron chi connectivity index (χ1n) is 11.6. The second-order valence-corrected chi connectivity index (χ2v) is 10.3. The third-order valence-electron chi connectivity index (χ3n) is 6.62. The number of anilines is 3. The van der Waals surface area contributed by atoms with E-state index >= 15 is 0 Å². The second-order valence-electron chi connectivity index (χ2n) is 8.82. The van der Waals surface area contributed by atoms with Crippen LogP contribution in [0.1, 0.15) is 48.4 Å². The van der Waals surface area contributed by atoms with Gasteiger partial charge in [-0.2, -0.15) is 10.1 Å². The molecule has 34 heavy (non-hydrogen) atoms. The molecule has 0 amide bonds. The van der Waals surface area contributed by atoms with Gasteiger partial charge in [-0.15, -0.1) is 0 Å². The molecule has 2 atom stereocenters. The van der Waals surface area contributed by atoms with Gasteiger partial charge >= 0.3 is 0 Å². The van der Waals surface area contributed by atoms with Crippen LogP contribution < -0.4 is 10.2 Å². The van der Waals surface area contributed by atoms with Crippen LogP contribution in [0.25, 0.3) is 0 Å². The number of benzene rings is 1. The van der Waals surface area contributed by atoms with Gasteiger partial charge in [0.15, 0.2) is 5.82 Å². The molecule has 2 aromatic heterocycles. The molecule has 0 bridgehead atoms. The van der Waals surface area contributed by atoms with Crippen LogP contribution in [0.5, 0.6) is 0 Å². The predicted molar refractivity (Wildman–Crippen MR) is 127 cm³/mol. The Hall–Kier alpha value is -3.11. The zero-order valence-corrected chi connectivity index (χ0v) is 19.4. The molecular weight excluding hydrogens is 455 g/mol. The van der Waals surface area contributed by atoms with Crippen LogP contribution in [-0.4, -0.2) is 43.6 Å². The molecule has 3 aliphatic heterocycles. The first kappa shape index (κ1) is 21.4. The van der Waals surface area contributed by atoms with Crippen LogP contribution in [-0.2, 0) is 22.3 Å². The summed E-state index contributed by atoms with van der Waals surface area (Å²) < 4.78 is 31.9. The summed E-state index contributed by atoms with van der Waals surface area (Å²) in [5, 5.41) is 10.8. The van der Waals surface area contributed by atoms with Crippen molar-refractivity contribution in [2.24, 2.45) is 0 Å². The lowest BCUT2D eigenvalue weighted by molar-refractivity contribution is 0.169. The normalized spacial score (nSPS) is 22.1. The molecule has 6 rings (SSSR count). The van der Waals surface area contributed by atoms with E-state index < -0.39 is 11.2 Å². The van der Waals surface area contributed by atoms with Crippen LogP contribution in [0.15, 0.2) is 47.6 Å². The molecule has 1 aromatic carbocycles. The van der Waals surface area contributed by atoms with Crippen LogP contribution in [0.4, 0.5) is 21.8 Å². The first-order valence-corrected chi connectivity index (χ1v) is 12.9. The van der Waals surface area contributed by atoms with Gasteiger partial charge in [0.25, 0.3) is 0 Å². The summed E-state index contributed by atoms with van der Waals surface area (Å²) in [6.45, 7) is 1.61. The summed E-state index contributed by atoms with van der Waals surface area (Å²) in [5.41, 5.74) is 3.48. The van der Waals surface area contributed by atoms with Crippen molar-refractivity contribution in [2.75, 3.05) is 29.1 Å². The lowest BCUT2D eigenvalue weighted by Gasteiger charge is -2.31. The molecule has 0 saturated carbocycles. The Balaban J connectivity index is 1.19. The van der Waals surface area contributed by atoms with Crippen molar-refractivity contribution in [2.45, 2.75) is 42.6 Å². The quantitative estimate of drug-likeness (QED) is 0.530. The van der Waals surface area contributed by atoms with Gasteiger partial charge < -0.3 is 19.5 Å². The van der Waals surface area contributed by atoms with E-state index in [0.717, 1.165) is 49.4 Å². The summed E-state index contributed by atoms with van der Waals surface area (Å²) in [5.74, 6) is 1.73. The van der Waals surface area contributed by atoms with Crippen LogP contribution in [0.2, 0.25) is 0 Å². The fourth-order valence-electron chi connectivity index (χ4n) is 4.81. The lowest BCUT2D eigenvalue weighted by Crippen LogP contribution is -2.34. The fraction of sp³-hybridized carbons (Fsp3) is 0.375. The third-order valence-corrected chi connectivity index (χ3v) is 8.08. The zero-order valence-electron chi connectivity index (χ0n) is 18.5. The number of aryl methyl sites for hydroxylation is 1. The Morgan fingerprint density at radius 2 is 2.09 bits per heavy atom. The maximum absolute atomic E-state index is 13.7. The number of aromatic nitrogens is 4. The number of hydrogen-bond acceptors (Lipinski definition) is 7. The first-order chi connectivity index (χ1) is 16.6. The predicted octanol–water partition coefficient (Wildman–Crippen LogP) is 4.11. The molecule has 0 aliphatic carbocycles. The van der Waals surface area contributed by atoms with Crippen molar-refractivity contribution in [1.82, 2.24) is 20.2 Å². The number of ether oxygens (including phenoxy) is 1. The Bertz CT molecular complexity index is 1220. The van der Waals surface area contributed by atoms with Crippen molar-refractivity contribution in [1.29, 1.82) is 0 Å². The Morgan fingerprint density at radius 1 is 1.21 bits per heavy atom. The number of piperidine rings is 1. The van der Waals surface area contributed by atoms with Crippen LogP contribution in [0.3, 0.4) is 0 Å². The van der Waals surface area contributed by atoms with Crippen molar-refractivity contribution in [3.05, 3.63) is 65.6 Å². The molecule has 176 valence electrons. The summed E-state index contributed by atoms with van der Waals surface area (Å²) in [6.07, 6.45) is 7.17. The lowest BCUT2D eigenvalue weighted by atomic mass is 9.93. The van der Waals surface area contributed by atoms with E-state index in [4.69, 9.17) is 14.7 Å². The molecule has 3 aromatic rings. The molecule has 0 radical (unpaired) electrons. The van der Waals surface area contributed by atoms with Gasteiger partial charge in [0, 0.05) is 43.2 Å². The van der Waals surface area contributed by atoms with Gasteiger partial charge in [-0.05, 0) is 54.4 Å². The van der Waals surface area contributed by atoms with E-state index in [2.05, 4.69) is 26.5 Å². The summed E-state index contributed by atoms with van der Waals surface area (Å²) in [7, 11) is 0. The van der Waals surface area contributed by atoms with Crippen molar-refractivity contribution >= 4 is 28.6 Å². The Morgan fingerprint density at radius 3 is 2.88 bits per heavy atom. The number of halogens is 1. The molecule has 0 spiro atoms. The van der Waals surface area contributed by atoms with Crippen molar-refractivity contribution in [3.63, 3.8) is 0 Å². The maximum Gasteiger partial charge on any atom is 0.227 e. The third kappa shape index (κ3) is 4.12. The summed E-state index contributed by atoms with van der Waals surface area (Å²) >= 11 is -1.16. The van der Waals surface area contributed by atoms with Gasteiger partial charge in [0.05, 0.1) is 6.26 Å². The molecule has 10 heteroatoms. The van der Waals surface area contributed by atoms with E-state index in [0.29, 0.717) is 40.4 Å². The number of nitrogens with one attached hydrogen (secondary N) is 2. The number of aromatic amines is 1. The van der Waals surface area contributed by atoms with E-state index in [9.17, 15) is 8.94 Å². The smallest absolute Gasteiger partial charge is 0.227 e. The number of nitrogens with zero attached hydrogens (tertiary/aromatic N) is 4. The largest absolute Gasteiger partial charge is 0.611 e. The second kappa shape index (κ2) is 8.92. The van der Waals surface area contributed by atoms with Gasteiger partial charge in [0.2, 0.25) is 10.8 Å². The molecule has 5 heterocycles. The van der Waals surface area contributed by atoms with Gasteiger partial charge in [-0.1, -0.05) is 6.07 Å². The standard InChI is InChI=1S/C24H25FN6O2S/c25-16-3-1-4-17(13-16)26-23-22-18(8-12-34(22)32)27-24(28-23)31-9-6-15(7-10-31)19-14-20(30-29-19)21-5-2-11-33-21/h1-4,11,13-15,21H,5-10,12H2,(H,29,30)(H,26,27,28). The minimum Gasteiger partial charge on any atom is -0.611 e. The van der Waals surface area contributed by atoms with Crippen molar-refractivity contribution in [3.8, 4) is 0 Å². The van der Waals surface area contributed by atoms with Crippen molar-refractivity contribution < 1.29 is 13.7 Å².